The van der Waals surface area contributed by atoms with Gasteiger partial charge in [-0.3, -0.25) is 0 Å². The first-order valence-electron chi connectivity index (χ1n) is 7.34. The summed E-state index contributed by atoms with van der Waals surface area (Å²) in [5.74, 6) is 0. The van der Waals surface area contributed by atoms with E-state index in [0.29, 0.717) is 12.8 Å². The Morgan fingerprint density at radius 3 is 1.57 bits per heavy atom. The van der Waals surface area contributed by atoms with Crippen molar-refractivity contribution in [1.82, 2.24) is 0 Å². The van der Waals surface area contributed by atoms with Crippen LogP contribution in [0.5, 0.6) is 0 Å². The normalized spacial score (nSPS) is 19.7. The number of hydrogen-bond acceptors (Lipinski definition) is 2. The lowest BCUT2D eigenvalue weighted by Crippen LogP contribution is -2.08. The lowest BCUT2D eigenvalue weighted by atomic mass is 10.1. The van der Waals surface area contributed by atoms with Gasteiger partial charge in [0.05, 0.1) is 9.52 Å². The van der Waals surface area contributed by atoms with Crippen LogP contribution >= 0.6 is 23.2 Å². The smallest absolute Gasteiger partial charge is 0.0912 e. The fraction of sp³-hybridized carbons (Fsp3) is 0.500. The van der Waals surface area contributed by atoms with E-state index in [1.54, 1.807) is 0 Å². The summed E-state index contributed by atoms with van der Waals surface area (Å²) in [6.07, 6.45) is 2.96. The fourth-order valence-electron chi connectivity index (χ4n) is 3.27. The zero-order valence-corrected chi connectivity index (χ0v) is 15.5. The Kier molecular flexibility index (Phi) is 5.92. The SMILES string of the molecule is CC1=C(CCO)C([SiH2]C2=C(Cl)CC(C)=C2CCO)=C(Cl)C1. The second-order valence-electron chi connectivity index (χ2n) is 5.76. The number of allylic oxidation sites excluding steroid dienone is 6. The maximum absolute atomic E-state index is 9.27. The van der Waals surface area contributed by atoms with E-state index in [2.05, 4.69) is 13.8 Å². The molecular weight excluding hydrogens is 323 g/mol. The van der Waals surface area contributed by atoms with Gasteiger partial charge in [0.2, 0.25) is 0 Å². The first-order valence-corrected chi connectivity index (χ1v) is 9.51. The monoisotopic (exact) mass is 344 g/mol. The Morgan fingerprint density at radius 2 is 1.24 bits per heavy atom. The fourth-order valence-corrected chi connectivity index (χ4v) is 6.67. The highest BCUT2D eigenvalue weighted by Crippen LogP contribution is 2.41. The zero-order valence-electron chi connectivity index (χ0n) is 12.6. The zero-order chi connectivity index (χ0) is 15.6. The summed E-state index contributed by atoms with van der Waals surface area (Å²) >= 11 is 12.9. The molecule has 0 radical (unpaired) electrons. The minimum absolute atomic E-state index is 0.153. The van der Waals surface area contributed by atoms with E-state index in [9.17, 15) is 10.2 Å². The Labute approximate surface area is 138 Å². The van der Waals surface area contributed by atoms with Gasteiger partial charge in [-0.1, -0.05) is 34.3 Å². The van der Waals surface area contributed by atoms with Gasteiger partial charge in [0.1, 0.15) is 0 Å². The summed E-state index contributed by atoms with van der Waals surface area (Å²) in [4.78, 5) is 0. The Hall–Kier alpha value is -0.323. The molecule has 0 fully saturated rings. The third-order valence-electron chi connectivity index (χ3n) is 4.33. The van der Waals surface area contributed by atoms with Crippen LogP contribution in [0.2, 0.25) is 0 Å². The molecule has 5 heteroatoms. The summed E-state index contributed by atoms with van der Waals surface area (Å²) in [6.45, 7) is 4.49. The molecule has 116 valence electrons. The van der Waals surface area contributed by atoms with Crippen LogP contribution in [0.4, 0.5) is 0 Å². The van der Waals surface area contributed by atoms with Gasteiger partial charge in [-0.25, -0.2) is 0 Å². The van der Waals surface area contributed by atoms with Crippen molar-refractivity contribution in [3.8, 4) is 0 Å². The topological polar surface area (TPSA) is 40.5 Å². The third kappa shape index (κ3) is 3.54. The minimum atomic E-state index is -0.772. The van der Waals surface area contributed by atoms with E-state index in [4.69, 9.17) is 23.2 Å². The second kappa shape index (κ2) is 7.29. The molecule has 0 aromatic rings. The van der Waals surface area contributed by atoms with Gasteiger partial charge in [0, 0.05) is 36.1 Å². The molecule has 0 spiro atoms. The lowest BCUT2D eigenvalue weighted by Gasteiger charge is -2.14. The van der Waals surface area contributed by atoms with Gasteiger partial charge < -0.3 is 10.2 Å². The maximum atomic E-state index is 9.27. The molecule has 0 aromatic heterocycles. The van der Waals surface area contributed by atoms with Crippen LogP contribution in [0.15, 0.2) is 42.7 Å². The highest BCUT2D eigenvalue weighted by molar-refractivity contribution is 6.61. The highest BCUT2D eigenvalue weighted by Gasteiger charge is 2.26. The molecule has 0 saturated carbocycles. The number of aliphatic hydroxyl groups is 2. The van der Waals surface area contributed by atoms with Gasteiger partial charge >= 0.3 is 0 Å². The molecule has 0 bridgehead atoms. The van der Waals surface area contributed by atoms with Crippen LogP contribution < -0.4 is 0 Å². The van der Waals surface area contributed by atoms with Crippen molar-refractivity contribution in [3.05, 3.63) is 42.7 Å². The van der Waals surface area contributed by atoms with Crippen molar-refractivity contribution in [2.75, 3.05) is 13.2 Å². The highest BCUT2D eigenvalue weighted by atomic mass is 35.5. The molecule has 0 atom stereocenters. The van der Waals surface area contributed by atoms with Gasteiger partial charge in [0.15, 0.2) is 0 Å². The van der Waals surface area contributed by atoms with Crippen molar-refractivity contribution in [1.29, 1.82) is 0 Å². The number of hydrogen-bond donors (Lipinski definition) is 2. The Morgan fingerprint density at radius 1 is 0.857 bits per heavy atom. The quantitative estimate of drug-likeness (QED) is 0.726. The summed E-state index contributed by atoms with van der Waals surface area (Å²) in [6, 6.07) is 0. The van der Waals surface area contributed by atoms with Gasteiger partial charge in [0.25, 0.3) is 0 Å². The molecule has 2 N–H and O–H groups in total. The van der Waals surface area contributed by atoms with Gasteiger partial charge in [-0.05, 0) is 48.2 Å². The number of halogens is 2. The average Bonchev–Trinajstić information content (AvgIpc) is 2.83. The molecule has 2 rings (SSSR count). The van der Waals surface area contributed by atoms with E-state index in [-0.39, 0.29) is 13.2 Å². The molecule has 0 unspecified atom stereocenters. The minimum Gasteiger partial charge on any atom is -0.396 e. The van der Waals surface area contributed by atoms with Crippen LogP contribution in [-0.4, -0.2) is 32.9 Å². The van der Waals surface area contributed by atoms with Crippen molar-refractivity contribution in [3.63, 3.8) is 0 Å². The Bertz CT molecular complexity index is 521. The third-order valence-corrected chi connectivity index (χ3v) is 7.92. The standard InChI is InChI=1S/C16H22Cl2O2Si/c1-9-7-13(17)15(11(9)3-5-19)21-16-12(4-6-20)10(2)8-14(16)18/h19-20H,3-8,21H2,1-2H3. The molecule has 0 aliphatic heterocycles. The molecule has 2 nitrogen and oxygen atoms in total. The van der Waals surface area contributed by atoms with Crippen LogP contribution in [-0.2, 0) is 0 Å². The maximum Gasteiger partial charge on any atom is 0.0912 e. The van der Waals surface area contributed by atoms with Crippen molar-refractivity contribution in [2.45, 2.75) is 39.5 Å². The largest absolute Gasteiger partial charge is 0.396 e. The summed E-state index contributed by atoms with van der Waals surface area (Å²) in [5, 5.41) is 22.9. The van der Waals surface area contributed by atoms with Crippen LogP contribution in [0.1, 0.15) is 39.5 Å². The van der Waals surface area contributed by atoms with Gasteiger partial charge in [-0.15, -0.1) is 0 Å². The van der Waals surface area contributed by atoms with Crippen molar-refractivity contribution in [2.24, 2.45) is 0 Å². The van der Waals surface area contributed by atoms with Crippen LogP contribution in [0, 0.1) is 0 Å². The molecule has 0 heterocycles. The number of rotatable bonds is 6. The molecular formula is C16H22Cl2O2Si. The van der Waals surface area contributed by atoms with Gasteiger partial charge in [-0.2, -0.15) is 0 Å². The van der Waals surface area contributed by atoms with Crippen LogP contribution in [0.3, 0.4) is 0 Å². The second-order valence-corrected chi connectivity index (χ2v) is 8.44. The molecule has 21 heavy (non-hydrogen) atoms. The average molecular weight is 345 g/mol. The molecule has 2 aliphatic rings. The lowest BCUT2D eigenvalue weighted by molar-refractivity contribution is 0.300. The number of aliphatic hydroxyl groups excluding tert-OH is 2. The van der Waals surface area contributed by atoms with Crippen molar-refractivity contribution >= 4 is 32.7 Å². The summed E-state index contributed by atoms with van der Waals surface area (Å²) in [7, 11) is -0.772. The van der Waals surface area contributed by atoms with E-state index in [0.717, 1.165) is 22.9 Å². The molecule has 2 aliphatic carbocycles. The Balaban J connectivity index is 2.29. The van der Waals surface area contributed by atoms with E-state index in [1.807, 2.05) is 0 Å². The molecule has 0 amide bonds. The summed E-state index contributed by atoms with van der Waals surface area (Å²) < 4.78 is 0. The predicted octanol–water partition coefficient (Wildman–Crippen LogP) is 3.26. The first kappa shape index (κ1) is 17.0. The summed E-state index contributed by atoms with van der Waals surface area (Å²) in [5.41, 5.74) is 5.02. The van der Waals surface area contributed by atoms with E-state index < -0.39 is 9.52 Å². The van der Waals surface area contributed by atoms with E-state index in [1.165, 1.54) is 32.7 Å². The molecule has 0 saturated heterocycles. The predicted molar refractivity (Wildman–Crippen MR) is 92.3 cm³/mol. The van der Waals surface area contributed by atoms with Crippen molar-refractivity contribution < 1.29 is 10.2 Å². The van der Waals surface area contributed by atoms with E-state index >= 15 is 0 Å². The first-order chi connectivity index (χ1) is 9.99. The molecule has 0 aromatic carbocycles. The van der Waals surface area contributed by atoms with Crippen LogP contribution in [0.25, 0.3) is 0 Å².